The molecule has 8 nitrogen and oxygen atoms in total. The number of aldehydes is 1. The molecule has 2 aromatic carbocycles. The van der Waals surface area contributed by atoms with Gasteiger partial charge in [-0.3, -0.25) is 9.59 Å². The zero-order valence-corrected chi connectivity index (χ0v) is 21.8. The van der Waals surface area contributed by atoms with E-state index in [1.54, 1.807) is 18.2 Å². The number of benzene rings is 2. The van der Waals surface area contributed by atoms with Crippen molar-refractivity contribution in [1.29, 1.82) is 0 Å². The predicted molar refractivity (Wildman–Crippen MR) is 138 cm³/mol. The topological polar surface area (TPSA) is 89.5 Å². The van der Waals surface area contributed by atoms with Gasteiger partial charge in [0.15, 0.2) is 23.0 Å². The zero-order valence-electron chi connectivity index (χ0n) is 21.8. The summed E-state index contributed by atoms with van der Waals surface area (Å²) < 4.78 is 33.6. The first kappa shape index (κ1) is 26.4. The molecule has 37 heavy (non-hydrogen) atoms. The normalized spacial score (nSPS) is 17.5. The fraction of sp³-hybridized carbons (Fsp3) is 0.448. The van der Waals surface area contributed by atoms with Crippen molar-refractivity contribution in [2.75, 3.05) is 34.7 Å². The van der Waals surface area contributed by atoms with Gasteiger partial charge in [0.2, 0.25) is 12.5 Å². The SMILES string of the molecule is CCCCCCCOC(=O)[C@@H]1C(C=O)=Cc2cc3c(cc2[C@H]1c1cc(OC)c(OC)c(OC)c1)OCO3. The Labute approximate surface area is 217 Å². The summed E-state index contributed by atoms with van der Waals surface area (Å²) in [6.45, 7) is 2.58. The first-order chi connectivity index (χ1) is 18.1. The molecule has 0 bridgehead atoms. The average Bonchev–Trinajstić information content (AvgIpc) is 3.38. The molecule has 198 valence electrons. The summed E-state index contributed by atoms with van der Waals surface area (Å²) in [6, 6.07) is 7.31. The predicted octanol–water partition coefficient (Wildman–Crippen LogP) is 5.30. The lowest BCUT2D eigenvalue weighted by molar-refractivity contribution is -0.148. The lowest BCUT2D eigenvalue weighted by atomic mass is 9.71. The third kappa shape index (κ3) is 5.38. The molecule has 0 N–H and O–H groups in total. The lowest BCUT2D eigenvalue weighted by Crippen LogP contribution is -2.31. The lowest BCUT2D eigenvalue weighted by Gasteiger charge is -2.32. The van der Waals surface area contributed by atoms with Crippen LogP contribution in [0.4, 0.5) is 0 Å². The minimum Gasteiger partial charge on any atom is -0.493 e. The second-order valence-electron chi connectivity index (χ2n) is 9.09. The average molecular weight is 511 g/mol. The fourth-order valence-corrected chi connectivity index (χ4v) is 5.01. The number of unbranched alkanes of at least 4 members (excludes halogenated alkanes) is 4. The van der Waals surface area contributed by atoms with Crippen LogP contribution in [0.3, 0.4) is 0 Å². The molecule has 0 amide bonds. The Morgan fingerprint density at radius 1 is 0.946 bits per heavy atom. The van der Waals surface area contributed by atoms with Gasteiger partial charge in [-0.15, -0.1) is 0 Å². The Morgan fingerprint density at radius 2 is 1.62 bits per heavy atom. The minimum atomic E-state index is -0.858. The van der Waals surface area contributed by atoms with Crippen LogP contribution >= 0.6 is 0 Å². The molecule has 1 aliphatic heterocycles. The molecule has 8 heteroatoms. The highest BCUT2D eigenvalue weighted by Crippen LogP contribution is 2.50. The Morgan fingerprint density at radius 3 is 2.24 bits per heavy atom. The maximum absolute atomic E-state index is 13.6. The molecule has 2 atom stereocenters. The summed E-state index contributed by atoms with van der Waals surface area (Å²) in [5.74, 6) is 0.650. The molecule has 0 saturated carbocycles. The molecule has 0 spiro atoms. The van der Waals surface area contributed by atoms with Crippen LogP contribution in [0, 0.1) is 5.92 Å². The zero-order chi connectivity index (χ0) is 26.4. The van der Waals surface area contributed by atoms with E-state index in [4.69, 9.17) is 28.4 Å². The first-order valence-corrected chi connectivity index (χ1v) is 12.6. The van der Waals surface area contributed by atoms with Crippen LogP contribution in [0.15, 0.2) is 29.8 Å². The number of hydrogen-bond donors (Lipinski definition) is 0. The van der Waals surface area contributed by atoms with Crippen LogP contribution in [-0.2, 0) is 14.3 Å². The quantitative estimate of drug-likeness (QED) is 0.216. The molecule has 2 aromatic rings. The highest BCUT2D eigenvalue weighted by molar-refractivity contribution is 5.95. The van der Waals surface area contributed by atoms with Crippen molar-refractivity contribution in [3.63, 3.8) is 0 Å². The molecule has 1 aliphatic carbocycles. The summed E-state index contributed by atoms with van der Waals surface area (Å²) in [5.41, 5.74) is 2.63. The van der Waals surface area contributed by atoms with E-state index in [1.807, 2.05) is 12.1 Å². The van der Waals surface area contributed by atoms with Crippen molar-refractivity contribution in [3.05, 3.63) is 46.5 Å². The van der Waals surface area contributed by atoms with E-state index in [1.165, 1.54) is 21.3 Å². The smallest absolute Gasteiger partial charge is 0.314 e. The second-order valence-corrected chi connectivity index (χ2v) is 9.09. The summed E-state index contributed by atoms with van der Waals surface area (Å²) in [6.07, 6.45) is 7.63. The van der Waals surface area contributed by atoms with Crippen molar-refractivity contribution in [2.45, 2.75) is 44.9 Å². The molecule has 2 aliphatic rings. The van der Waals surface area contributed by atoms with Gasteiger partial charge >= 0.3 is 5.97 Å². The van der Waals surface area contributed by atoms with E-state index in [0.29, 0.717) is 46.5 Å². The van der Waals surface area contributed by atoms with Crippen molar-refractivity contribution >= 4 is 18.3 Å². The monoisotopic (exact) mass is 510 g/mol. The Hall–Kier alpha value is -3.68. The summed E-state index contributed by atoms with van der Waals surface area (Å²) in [7, 11) is 4.61. The fourth-order valence-electron chi connectivity index (χ4n) is 5.01. The molecule has 0 radical (unpaired) electrons. The Bertz CT molecular complexity index is 1140. The van der Waals surface area contributed by atoms with E-state index in [2.05, 4.69) is 6.92 Å². The van der Waals surface area contributed by atoms with Crippen LogP contribution in [0.25, 0.3) is 6.08 Å². The van der Waals surface area contributed by atoms with Crippen molar-refractivity contribution in [2.24, 2.45) is 5.92 Å². The van der Waals surface area contributed by atoms with Crippen molar-refractivity contribution in [1.82, 2.24) is 0 Å². The van der Waals surface area contributed by atoms with Crippen LogP contribution in [0.2, 0.25) is 0 Å². The van der Waals surface area contributed by atoms with Gasteiger partial charge in [-0.2, -0.15) is 0 Å². The molecule has 1 heterocycles. The molecular weight excluding hydrogens is 476 g/mol. The van der Waals surface area contributed by atoms with E-state index >= 15 is 0 Å². The Kier molecular flexibility index (Phi) is 8.58. The maximum atomic E-state index is 13.6. The van der Waals surface area contributed by atoms with Crippen LogP contribution in [0.5, 0.6) is 28.7 Å². The van der Waals surface area contributed by atoms with Crippen molar-refractivity contribution < 1.29 is 38.0 Å². The van der Waals surface area contributed by atoms with Gasteiger partial charge in [0, 0.05) is 11.5 Å². The molecule has 4 rings (SSSR count). The highest BCUT2D eigenvalue weighted by atomic mass is 16.7. The van der Waals surface area contributed by atoms with Crippen LogP contribution in [-0.4, -0.2) is 47.0 Å². The number of fused-ring (bicyclic) bond motifs is 2. The number of ether oxygens (including phenoxy) is 6. The van der Waals surface area contributed by atoms with E-state index in [0.717, 1.165) is 49.5 Å². The Balaban J connectivity index is 1.78. The number of rotatable bonds is 12. The summed E-state index contributed by atoms with van der Waals surface area (Å²) >= 11 is 0. The van der Waals surface area contributed by atoms with E-state index in [9.17, 15) is 9.59 Å². The van der Waals surface area contributed by atoms with Gasteiger partial charge in [0.25, 0.3) is 0 Å². The van der Waals surface area contributed by atoms with Crippen molar-refractivity contribution in [3.8, 4) is 28.7 Å². The minimum absolute atomic E-state index is 0.112. The largest absolute Gasteiger partial charge is 0.493 e. The summed E-state index contributed by atoms with van der Waals surface area (Å²) in [5, 5.41) is 0. The molecule has 0 unspecified atom stereocenters. The number of hydrogen-bond acceptors (Lipinski definition) is 8. The molecule has 0 saturated heterocycles. The standard InChI is InChI=1S/C29H34O8/c1-5-6-7-8-9-10-35-29(31)27-20(16-30)11-18-12-22-23(37-17-36-22)15-21(18)26(27)19-13-24(32-2)28(34-4)25(14-19)33-3/h11-16,26-27H,5-10,17H2,1-4H3/t26-,27-/m1/s1. The molecule has 0 aromatic heterocycles. The molecular formula is C29H34O8. The van der Waals surface area contributed by atoms with Gasteiger partial charge in [-0.25, -0.2) is 0 Å². The van der Waals surface area contributed by atoms with Crippen LogP contribution < -0.4 is 23.7 Å². The number of methoxy groups -OCH3 is 3. The third-order valence-electron chi connectivity index (χ3n) is 6.86. The van der Waals surface area contributed by atoms with Gasteiger partial charge in [0.05, 0.1) is 33.9 Å². The van der Waals surface area contributed by atoms with Gasteiger partial charge < -0.3 is 28.4 Å². The summed E-state index contributed by atoms with van der Waals surface area (Å²) in [4.78, 5) is 25.8. The van der Waals surface area contributed by atoms with E-state index in [-0.39, 0.29) is 6.79 Å². The maximum Gasteiger partial charge on any atom is 0.314 e. The first-order valence-electron chi connectivity index (χ1n) is 12.6. The highest BCUT2D eigenvalue weighted by Gasteiger charge is 2.41. The number of carbonyl (C=O) groups excluding carboxylic acids is 2. The number of esters is 1. The van der Waals surface area contributed by atoms with Gasteiger partial charge in [0.1, 0.15) is 6.29 Å². The third-order valence-corrected chi connectivity index (χ3v) is 6.86. The molecule has 0 fully saturated rings. The number of carbonyl (C=O) groups is 2. The van der Waals surface area contributed by atoms with Gasteiger partial charge in [-0.1, -0.05) is 32.6 Å². The van der Waals surface area contributed by atoms with Gasteiger partial charge in [-0.05, 0) is 53.5 Å². The van der Waals surface area contributed by atoms with Crippen LogP contribution in [0.1, 0.15) is 61.6 Å². The second kappa shape index (κ2) is 12.0. The van der Waals surface area contributed by atoms with E-state index < -0.39 is 17.8 Å².